The van der Waals surface area contributed by atoms with Crippen LogP contribution in [0.25, 0.3) is 33.5 Å². The molecule has 5 rings (SSSR count). The summed E-state index contributed by atoms with van der Waals surface area (Å²) in [5.74, 6) is -0.225. The molecular weight excluding hydrogens is 543 g/mol. The molecular formula is C29H37FN6O4Si. The van der Waals surface area contributed by atoms with Crippen LogP contribution in [0.3, 0.4) is 0 Å². The van der Waals surface area contributed by atoms with Crippen LogP contribution < -0.4 is 0 Å². The molecule has 4 aromatic rings. The predicted molar refractivity (Wildman–Crippen MR) is 157 cm³/mol. The first-order valence-electron chi connectivity index (χ1n) is 13.8. The maximum Gasteiger partial charge on any atom is 0.410 e. The van der Waals surface area contributed by atoms with E-state index in [-0.39, 0.29) is 24.6 Å². The van der Waals surface area contributed by atoms with Gasteiger partial charge in [-0.25, -0.2) is 19.2 Å². The average molecular weight is 581 g/mol. The summed E-state index contributed by atoms with van der Waals surface area (Å²) in [5, 5.41) is 5.53. The number of carbonyl (C=O) groups excluding carboxylic acids is 2. The fourth-order valence-corrected chi connectivity index (χ4v) is 5.55. The van der Waals surface area contributed by atoms with Gasteiger partial charge in [0, 0.05) is 51.8 Å². The zero-order valence-corrected chi connectivity index (χ0v) is 25.5. The van der Waals surface area contributed by atoms with Crippen molar-refractivity contribution in [2.24, 2.45) is 5.92 Å². The number of hydrogen-bond acceptors (Lipinski definition) is 7. The fourth-order valence-electron chi connectivity index (χ4n) is 4.80. The van der Waals surface area contributed by atoms with Crippen molar-refractivity contribution in [3.63, 3.8) is 0 Å². The number of halogens is 1. The van der Waals surface area contributed by atoms with Gasteiger partial charge in [-0.2, -0.15) is 5.10 Å². The van der Waals surface area contributed by atoms with Gasteiger partial charge in [-0.05, 0) is 45.0 Å². The van der Waals surface area contributed by atoms with Gasteiger partial charge in [0.25, 0.3) is 0 Å². The number of likely N-dealkylation sites (tertiary alicyclic amines) is 1. The molecule has 0 saturated carbocycles. The number of hydrogen-bond donors (Lipinski definition) is 0. The highest BCUT2D eigenvalue weighted by Gasteiger charge is 2.34. The topological polar surface area (TPSA) is 104 Å². The standard InChI is InChI=1S/C29H37FN6O4Si/c1-29(2,3)40-28(38)34-13-19(14-34)15-36-24-11-21(30)7-8-22(24)26(33-36)23-12-31-27-25(32-23)20(17-37)16-35(27)18-39-9-10-41(4,5)6/h7-8,11-12,16-17,19H,9-10,13-15,18H2,1-6H3. The van der Waals surface area contributed by atoms with Crippen LogP contribution in [0.1, 0.15) is 31.1 Å². The zero-order valence-electron chi connectivity index (χ0n) is 24.5. The lowest BCUT2D eigenvalue weighted by molar-refractivity contribution is -0.00364. The molecule has 0 N–H and O–H groups in total. The quantitative estimate of drug-likeness (QED) is 0.145. The lowest BCUT2D eigenvalue weighted by atomic mass is 10.0. The van der Waals surface area contributed by atoms with Gasteiger partial charge in [-0.15, -0.1) is 0 Å². The van der Waals surface area contributed by atoms with Crippen LogP contribution in [-0.2, 0) is 22.7 Å². The Hall–Kier alpha value is -3.64. The Kier molecular flexibility index (Phi) is 7.73. The Morgan fingerprint density at radius 1 is 1.22 bits per heavy atom. The van der Waals surface area contributed by atoms with Gasteiger partial charge < -0.3 is 18.9 Å². The van der Waals surface area contributed by atoms with Crippen LogP contribution in [0.5, 0.6) is 0 Å². The summed E-state index contributed by atoms with van der Waals surface area (Å²) in [4.78, 5) is 35.3. The number of ether oxygens (including phenoxy) is 2. The van der Waals surface area contributed by atoms with Gasteiger partial charge in [0.1, 0.15) is 35.1 Å². The summed E-state index contributed by atoms with van der Waals surface area (Å²) in [7, 11) is -1.22. The number of nitrogens with zero attached hydrogens (tertiary/aromatic N) is 6. The third-order valence-electron chi connectivity index (χ3n) is 6.94. The smallest absolute Gasteiger partial charge is 0.410 e. The second kappa shape index (κ2) is 11.0. The normalized spacial score (nSPS) is 14.6. The van der Waals surface area contributed by atoms with Crippen LogP contribution in [0.15, 0.2) is 30.6 Å². The molecule has 1 amide bonds. The molecule has 1 aliphatic heterocycles. The highest BCUT2D eigenvalue weighted by molar-refractivity contribution is 6.76. The molecule has 1 aliphatic rings. The fraction of sp³-hybridized carbons (Fsp3) is 0.483. The van der Waals surface area contributed by atoms with Gasteiger partial charge in [-0.1, -0.05) is 19.6 Å². The van der Waals surface area contributed by atoms with Crippen LogP contribution in [0, 0.1) is 11.7 Å². The number of fused-ring (bicyclic) bond motifs is 2. The van der Waals surface area contributed by atoms with E-state index in [1.807, 2.05) is 20.8 Å². The molecule has 0 atom stereocenters. The lowest BCUT2D eigenvalue weighted by Crippen LogP contribution is -2.52. The van der Waals surface area contributed by atoms with Gasteiger partial charge in [0.15, 0.2) is 11.9 Å². The maximum absolute atomic E-state index is 14.3. The lowest BCUT2D eigenvalue weighted by Gasteiger charge is -2.39. The molecule has 0 radical (unpaired) electrons. The van der Waals surface area contributed by atoms with E-state index >= 15 is 0 Å². The van der Waals surface area contributed by atoms with E-state index in [0.29, 0.717) is 59.9 Å². The number of aromatic nitrogens is 5. The second-order valence-electron chi connectivity index (χ2n) is 12.9. The zero-order chi connectivity index (χ0) is 29.5. The van der Waals surface area contributed by atoms with Crippen molar-refractivity contribution in [3.05, 3.63) is 42.0 Å². The highest BCUT2D eigenvalue weighted by Crippen LogP contribution is 2.31. The van der Waals surface area contributed by atoms with Crippen molar-refractivity contribution in [2.45, 2.75) is 65.3 Å². The first-order valence-corrected chi connectivity index (χ1v) is 17.6. The molecule has 12 heteroatoms. The van der Waals surface area contributed by atoms with Crippen LogP contribution >= 0.6 is 0 Å². The summed E-state index contributed by atoms with van der Waals surface area (Å²) < 4.78 is 29.2. The van der Waals surface area contributed by atoms with Gasteiger partial charge in [0.2, 0.25) is 0 Å². The highest BCUT2D eigenvalue weighted by atomic mass is 28.3. The first-order chi connectivity index (χ1) is 19.3. The minimum Gasteiger partial charge on any atom is -0.444 e. The second-order valence-corrected chi connectivity index (χ2v) is 18.5. The number of amides is 1. The van der Waals surface area contributed by atoms with Crippen molar-refractivity contribution in [1.82, 2.24) is 29.2 Å². The monoisotopic (exact) mass is 580 g/mol. The van der Waals surface area contributed by atoms with Crippen molar-refractivity contribution < 1.29 is 23.5 Å². The predicted octanol–water partition coefficient (Wildman–Crippen LogP) is 5.58. The SMILES string of the molecule is CC(C)(C)OC(=O)N1CC(Cn2nc(-c3cnc4c(n3)c(C=O)cn4COCC[Si](C)(C)C)c3ccc(F)cc32)C1. The molecule has 41 heavy (non-hydrogen) atoms. The van der Waals surface area contributed by atoms with Crippen LogP contribution in [0.2, 0.25) is 25.7 Å². The Bertz CT molecular complexity index is 1600. The molecule has 218 valence electrons. The van der Waals surface area contributed by atoms with Gasteiger partial charge >= 0.3 is 6.09 Å². The summed E-state index contributed by atoms with van der Waals surface area (Å²) >= 11 is 0. The Morgan fingerprint density at radius 3 is 2.66 bits per heavy atom. The Morgan fingerprint density at radius 2 is 1.98 bits per heavy atom. The number of benzene rings is 1. The van der Waals surface area contributed by atoms with Crippen molar-refractivity contribution >= 4 is 42.5 Å². The molecule has 1 fully saturated rings. The molecule has 10 nitrogen and oxygen atoms in total. The van der Waals surface area contributed by atoms with Gasteiger partial charge in [-0.3, -0.25) is 9.48 Å². The van der Waals surface area contributed by atoms with E-state index in [9.17, 15) is 14.0 Å². The van der Waals surface area contributed by atoms with E-state index in [1.54, 1.807) is 32.6 Å². The van der Waals surface area contributed by atoms with Crippen molar-refractivity contribution in [3.8, 4) is 11.4 Å². The Balaban J connectivity index is 1.39. The minimum atomic E-state index is -1.22. The number of carbonyl (C=O) groups is 2. The van der Waals surface area contributed by atoms with E-state index in [4.69, 9.17) is 19.6 Å². The largest absolute Gasteiger partial charge is 0.444 e. The number of aldehydes is 1. The molecule has 0 bridgehead atoms. The summed E-state index contributed by atoms with van der Waals surface area (Å²) in [6.07, 6.45) is 3.75. The minimum absolute atomic E-state index is 0.145. The molecule has 1 saturated heterocycles. The third kappa shape index (κ3) is 6.48. The summed E-state index contributed by atoms with van der Waals surface area (Å²) in [6.45, 7) is 14.9. The first kappa shape index (κ1) is 28.9. The van der Waals surface area contributed by atoms with Crippen molar-refractivity contribution in [1.29, 1.82) is 0 Å². The molecule has 1 aromatic carbocycles. The third-order valence-corrected chi connectivity index (χ3v) is 8.65. The molecule has 0 aliphatic carbocycles. The average Bonchev–Trinajstić information content (AvgIpc) is 3.39. The van der Waals surface area contributed by atoms with Crippen LogP contribution in [0.4, 0.5) is 9.18 Å². The molecule has 0 spiro atoms. The van der Waals surface area contributed by atoms with E-state index in [0.717, 1.165) is 17.7 Å². The van der Waals surface area contributed by atoms with Crippen LogP contribution in [-0.4, -0.2) is 75.0 Å². The summed E-state index contributed by atoms with van der Waals surface area (Å²) in [6, 6.07) is 5.57. The van der Waals surface area contributed by atoms with E-state index in [1.165, 1.54) is 12.1 Å². The summed E-state index contributed by atoms with van der Waals surface area (Å²) in [5.41, 5.74) is 2.53. The molecule has 0 unspecified atom stereocenters. The Labute approximate surface area is 239 Å². The molecule has 3 aromatic heterocycles. The molecule has 4 heterocycles. The van der Waals surface area contributed by atoms with E-state index in [2.05, 4.69) is 24.6 Å². The van der Waals surface area contributed by atoms with Crippen molar-refractivity contribution in [2.75, 3.05) is 19.7 Å². The van der Waals surface area contributed by atoms with E-state index < -0.39 is 13.7 Å². The van der Waals surface area contributed by atoms with Gasteiger partial charge in [0.05, 0.1) is 17.3 Å². The maximum atomic E-state index is 14.3. The number of rotatable bonds is 9.